The minimum Gasteiger partial charge on any atom is -0.346 e. The Morgan fingerprint density at radius 1 is 0.578 bits per heavy atom. The summed E-state index contributed by atoms with van der Waals surface area (Å²) in [4.78, 5) is 24.4. The monoisotopic (exact) mass is 654 g/mol. The summed E-state index contributed by atoms with van der Waals surface area (Å²) in [6.07, 6.45) is 7.08. The van der Waals surface area contributed by atoms with Crippen molar-refractivity contribution in [1.82, 2.24) is 0 Å². The van der Waals surface area contributed by atoms with Gasteiger partial charge in [-0.15, -0.1) is 0 Å². The highest BCUT2D eigenvalue weighted by molar-refractivity contribution is 7.91. The van der Waals surface area contributed by atoms with E-state index in [-0.39, 0.29) is 47.4 Å². The van der Waals surface area contributed by atoms with Crippen molar-refractivity contribution in [2.45, 2.75) is 153 Å². The van der Waals surface area contributed by atoms with Crippen LogP contribution in [0.25, 0.3) is 0 Å². The van der Waals surface area contributed by atoms with Crippen LogP contribution in [0.5, 0.6) is 0 Å². The van der Waals surface area contributed by atoms with E-state index in [2.05, 4.69) is 27.7 Å². The lowest BCUT2D eigenvalue weighted by Crippen LogP contribution is -2.70. The SMILES string of the molecule is C[C@H]1[C@@H](CCS(=O)(=O)CC[C@H]2O[C@@H]3O[C@]4(C)CC[C@H]5[C@H](C)CC[C@@H]([C@H]2C)[C@@]35OO4)O[C@@H]2O[C@]3(C)CC[C@H]4[C@H](C)CC[C@@H]1[C@@]24OO3. The molecule has 0 aromatic rings. The molecule has 0 radical (unpaired) electrons. The van der Waals surface area contributed by atoms with Gasteiger partial charge in [0.15, 0.2) is 33.6 Å². The Kier molecular flexibility index (Phi) is 7.66. The summed E-state index contributed by atoms with van der Waals surface area (Å²) in [5, 5.41) is 0. The average Bonchev–Trinajstić information content (AvgIpc) is 3.37. The van der Waals surface area contributed by atoms with Gasteiger partial charge in [-0.1, -0.05) is 27.7 Å². The van der Waals surface area contributed by atoms with Gasteiger partial charge in [0.2, 0.25) is 11.6 Å². The minimum absolute atomic E-state index is 0.0753. The molecule has 2 spiro atoms. The molecule has 10 rings (SSSR count). The van der Waals surface area contributed by atoms with Crippen LogP contribution in [-0.4, -0.2) is 67.5 Å². The van der Waals surface area contributed by atoms with Gasteiger partial charge in [-0.2, -0.15) is 0 Å². The summed E-state index contributed by atoms with van der Waals surface area (Å²) in [6, 6.07) is 0. The first-order valence-corrected chi connectivity index (χ1v) is 19.7. The van der Waals surface area contributed by atoms with Crippen molar-refractivity contribution in [2.24, 2.45) is 47.3 Å². The second kappa shape index (κ2) is 10.8. The highest BCUT2D eigenvalue weighted by atomic mass is 32.2. The molecular formula is C34H54O10S. The van der Waals surface area contributed by atoms with Gasteiger partial charge < -0.3 is 18.9 Å². The maximum Gasteiger partial charge on any atom is 0.201 e. The van der Waals surface area contributed by atoms with Crippen LogP contribution in [0.2, 0.25) is 0 Å². The van der Waals surface area contributed by atoms with Crippen LogP contribution in [0.4, 0.5) is 0 Å². The van der Waals surface area contributed by atoms with E-state index in [0.717, 1.165) is 51.4 Å². The van der Waals surface area contributed by atoms with E-state index in [4.69, 9.17) is 38.5 Å². The predicted molar refractivity (Wildman–Crippen MR) is 162 cm³/mol. The minimum atomic E-state index is -3.36. The van der Waals surface area contributed by atoms with Gasteiger partial charge in [-0.3, -0.25) is 0 Å². The topological polar surface area (TPSA) is 108 Å². The van der Waals surface area contributed by atoms with Crippen LogP contribution in [0.3, 0.4) is 0 Å². The van der Waals surface area contributed by atoms with Crippen molar-refractivity contribution in [3.8, 4) is 0 Å². The highest BCUT2D eigenvalue weighted by Gasteiger charge is 2.70. The molecule has 0 unspecified atom stereocenters. The van der Waals surface area contributed by atoms with Crippen LogP contribution < -0.4 is 0 Å². The first-order chi connectivity index (χ1) is 21.3. The molecule has 8 aliphatic heterocycles. The molecule has 10 fully saturated rings. The number of fused-ring (bicyclic) bond motifs is 4. The summed E-state index contributed by atoms with van der Waals surface area (Å²) >= 11 is 0. The fourth-order valence-corrected chi connectivity index (χ4v) is 12.7. The fraction of sp³-hybridized carbons (Fsp3) is 1.00. The van der Waals surface area contributed by atoms with Crippen molar-refractivity contribution in [3.63, 3.8) is 0 Å². The first kappa shape index (κ1) is 31.9. The Morgan fingerprint density at radius 3 is 1.42 bits per heavy atom. The number of sulfone groups is 1. The third-order valence-corrected chi connectivity index (χ3v) is 15.7. The van der Waals surface area contributed by atoms with Crippen molar-refractivity contribution in [3.05, 3.63) is 0 Å². The molecule has 0 aromatic heterocycles. The van der Waals surface area contributed by atoms with E-state index in [1.165, 1.54) is 0 Å². The van der Waals surface area contributed by atoms with Crippen LogP contribution in [0.15, 0.2) is 0 Å². The summed E-state index contributed by atoms with van der Waals surface area (Å²) in [7, 11) is -3.36. The van der Waals surface area contributed by atoms with Gasteiger partial charge >= 0.3 is 0 Å². The van der Waals surface area contributed by atoms with Crippen LogP contribution in [0.1, 0.15) is 106 Å². The van der Waals surface area contributed by atoms with E-state index in [0.29, 0.717) is 36.5 Å². The normalized spacial score (nSPS) is 57.0. The predicted octanol–water partition coefficient (Wildman–Crippen LogP) is 5.68. The van der Waals surface area contributed by atoms with Gasteiger partial charge in [0.05, 0.1) is 23.7 Å². The average molecular weight is 655 g/mol. The molecule has 16 atom stereocenters. The smallest absolute Gasteiger partial charge is 0.201 e. The van der Waals surface area contributed by atoms with Gasteiger partial charge in [-0.05, 0) is 101 Å². The molecule has 8 heterocycles. The maximum atomic E-state index is 13.6. The fourth-order valence-electron chi connectivity index (χ4n) is 11.3. The molecule has 0 aromatic carbocycles. The molecule has 2 saturated carbocycles. The second-order valence-corrected chi connectivity index (χ2v) is 18.9. The van der Waals surface area contributed by atoms with E-state index < -0.39 is 45.2 Å². The zero-order valence-corrected chi connectivity index (χ0v) is 28.7. The summed E-state index contributed by atoms with van der Waals surface area (Å²) in [5.41, 5.74) is -1.26. The number of hydrogen-bond donors (Lipinski definition) is 0. The highest BCUT2D eigenvalue weighted by Crippen LogP contribution is 2.62. The Hall–Kier alpha value is -0.370. The van der Waals surface area contributed by atoms with Crippen molar-refractivity contribution >= 4 is 9.84 Å². The second-order valence-electron chi connectivity index (χ2n) is 16.6. The molecule has 45 heavy (non-hydrogen) atoms. The molecular weight excluding hydrogens is 600 g/mol. The summed E-state index contributed by atoms with van der Waals surface area (Å²) < 4.78 is 53.5. The molecule has 0 N–H and O–H groups in total. The Bertz CT molecular complexity index is 1180. The molecule has 11 heteroatoms. The molecule has 0 amide bonds. The van der Waals surface area contributed by atoms with E-state index >= 15 is 0 Å². The lowest BCUT2D eigenvalue weighted by atomic mass is 9.57. The Balaban J connectivity index is 0.941. The van der Waals surface area contributed by atoms with E-state index in [1.807, 2.05) is 13.8 Å². The van der Waals surface area contributed by atoms with Gasteiger partial charge in [-0.25, -0.2) is 28.0 Å². The molecule has 2 aliphatic carbocycles. The molecule has 256 valence electrons. The summed E-state index contributed by atoms with van der Waals surface area (Å²) in [5.74, 6) is 0.706. The van der Waals surface area contributed by atoms with Crippen LogP contribution >= 0.6 is 0 Å². The first-order valence-electron chi connectivity index (χ1n) is 17.9. The Labute approximate surface area is 268 Å². The zero-order valence-electron chi connectivity index (χ0n) is 27.9. The van der Waals surface area contributed by atoms with E-state index in [1.54, 1.807) is 0 Å². The van der Waals surface area contributed by atoms with Crippen molar-refractivity contribution in [1.29, 1.82) is 0 Å². The standard InChI is InChI=1S/C34H54O10S/c1-19-7-9-25-21(3)27(37-29-33(25)23(19)11-15-31(5,39-29)41-43-33)13-17-45(35,36)18-14-28-22(4)26-10-8-20(2)24-12-16-32(6)40-30(38-28)34(24,26)44-42-32/h19-30H,7-18H2,1-6H3/t19-,20-,21-,22-,23+,24+,25+,26+,27-,28-,29-,30-,31+,32+,33-,34-/m1/s1. The number of rotatable bonds is 6. The quantitative estimate of drug-likeness (QED) is 0.332. The largest absolute Gasteiger partial charge is 0.346 e. The molecule has 8 saturated heterocycles. The van der Waals surface area contributed by atoms with Crippen LogP contribution in [-0.2, 0) is 48.3 Å². The maximum absolute atomic E-state index is 13.6. The number of hydrogen-bond acceptors (Lipinski definition) is 10. The third kappa shape index (κ3) is 4.79. The molecule has 10 aliphatic rings. The molecule has 10 nitrogen and oxygen atoms in total. The van der Waals surface area contributed by atoms with Gasteiger partial charge in [0.25, 0.3) is 0 Å². The zero-order chi connectivity index (χ0) is 31.6. The van der Waals surface area contributed by atoms with Crippen LogP contribution in [0, 0.1) is 47.3 Å². The molecule has 4 bridgehead atoms. The Morgan fingerprint density at radius 2 is 1.00 bits per heavy atom. The lowest BCUT2D eigenvalue weighted by Gasteiger charge is -2.60. The third-order valence-electron chi connectivity index (χ3n) is 14.0. The van der Waals surface area contributed by atoms with Gasteiger partial charge in [0, 0.05) is 24.7 Å². The van der Waals surface area contributed by atoms with Gasteiger partial charge in [0.1, 0.15) is 0 Å². The lowest BCUT2D eigenvalue weighted by molar-refractivity contribution is -0.571. The van der Waals surface area contributed by atoms with Crippen molar-refractivity contribution < 1.29 is 46.9 Å². The number of ether oxygens (including phenoxy) is 4. The summed E-state index contributed by atoms with van der Waals surface area (Å²) in [6.45, 7) is 12.8. The van der Waals surface area contributed by atoms with Crippen molar-refractivity contribution in [2.75, 3.05) is 11.5 Å². The van der Waals surface area contributed by atoms with E-state index in [9.17, 15) is 8.42 Å².